The lowest BCUT2D eigenvalue weighted by molar-refractivity contribution is 0.876. The van der Waals surface area contributed by atoms with Gasteiger partial charge >= 0.3 is 0 Å². The van der Waals surface area contributed by atoms with Crippen molar-refractivity contribution in [2.45, 2.75) is 13.5 Å². The number of thiocarbonyl (C=S) groups is 1. The van der Waals surface area contributed by atoms with E-state index in [9.17, 15) is 0 Å². The molecule has 12 heavy (non-hydrogen) atoms. The molecule has 1 heterocycles. The lowest BCUT2D eigenvalue weighted by Crippen LogP contribution is -2.39. The molecule has 4 N–H and O–H groups in total. The molecule has 66 valence electrons. The van der Waals surface area contributed by atoms with Gasteiger partial charge in [0, 0.05) is 11.1 Å². The number of nitrogens with zero attached hydrogens (tertiary/aromatic N) is 1. The number of rotatable bonds is 2. The van der Waals surface area contributed by atoms with Gasteiger partial charge in [0.05, 0.1) is 11.6 Å². The molecule has 0 aliphatic heterocycles. The summed E-state index contributed by atoms with van der Waals surface area (Å²) in [4.78, 5) is 5.25. The Balaban J connectivity index is 2.38. The molecule has 0 atom stereocenters. The lowest BCUT2D eigenvalue weighted by atomic mass is 10.5. The smallest absolute Gasteiger partial charge is 0.180 e. The largest absolute Gasteiger partial charge is 0.357 e. The molecule has 0 aromatic carbocycles. The maximum Gasteiger partial charge on any atom is 0.180 e. The molecule has 0 bridgehead atoms. The topological polar surface area (TPSA) is 63.0 Å². The van der Waals surface area contributed by atoms with Crippen LogP contribution in [0.1, 0.15) is 9.88 Å². The van der Waals surface area contributed by atoms with E-state index in [0.717, 1.165) is 9.88 Å². The van der Waals surface area contributed by atoms with Gasteiger partial charge in [-0.1, -0.05) is 0 Å². The monoisotopic (exact) mass is 202 g/mol. The first-order valence-electron chi connectivity index (χ1n) is 3.38. The van der Waals surface area contributed by atoms with E-state index >= 15 is 0 Å². The van der Waals surface area contributed by atoms with E-state index in [1.165, 1.54) is 0 Å². The minimum absolute atomic E-state index is 0.445. The predicted octanol–water partition coefficient (Wildman–Crippen LogP) is 0.289. The number of thiazole rings is 1. The van der Waals surface area contributed by atoms with Crippen molar-refractivity contribution in [3.05, 3.63) is 16.1 Å². The van der Waals surface area contributed by atoms with Crippen molar-refractivity contribution in [1.82, 2.24) is 15.7 Å². The van der Waals surface area contributed by atoms with Gasteiger partial charge < -0.3 is 10.7 Å². The molecule has 0 saturated heterocycles. The third-order valence-corrected chi connectivity index (χ3v) is 2.40. The van der Waals surface area contributed by atoms with Crippen LogP contribution < -0.4 is 16.6 Å². The van der Waals surface area contributed by atoms with Crippen LogP contribution in [0, 0.1) is 6.92 Å². The first-order valence-corrected chi connectivity index (χ1v) is 4.60. The van der Waals surface area contributed by atoms with Gasteiger partial charge in [-0.3, -0.25) is 0 Å². The standard InChI is InChI=1S/C6H10N4S2/c1-4-8-2-5(12-4)3-9-6(11)10-7/h2H,3,7H2,1H3,(H2,9,10,11). The van der Waals surface area contributed by atoms with E-state index in [1.54, 1.807) is 11.3 Å². The van der Waals surface area contributed by atoms with Crippen molar-refractivity contribution >= 4 is 28.7 Å². The Morgan fingerprint density at radius 2 is 2.58 bits per heavy atom. The Hall–Kier alpha value is -0.720. The molecule has 1 aromatic heterocycles. The summed E-state index contributed by atoms with van der Waals surface area (Å²) in [6.07, 6.45) is 1.83. The number of hydrogen-bond donors (Lipinski definition) is 3. The zero-order valence-electron chi connectivity index (χ0n) is 6.63. The first-order chi connectivity index (χ1) is 5.72. The van der Waals surface area contributed by atoms with Crippen LogP contribution >= 0.6 is 23.6 Å². The van der Waals surface area contributed by atoms with Gasteiger partial charge in [-0.15, -0.1) is 11.3 Å². The number of nitrogens with one attached hydrogen (secondary N) is 2. The molecule has 0 unspecified atom stereocenters. The van der Waals surface area contributed by atoms with E-state index in [1.807, 2.05) is 13.1 Å². The number of nitrogens with two attached hydrogens (primary N) is 1. The van der Waals surface area contributed by atoms with Gasteiger partial charge in [0.15, 0.2) is 5.11 Å². The van der Waals surface area contributed by atoms with Crippen molar-refractivity contribution in [3.63, 3.8) is 0 Å². The normalized spacial score (nSPS) is 9.50. The van der Waals surface area contributed by atoms with E-state index in [0.29, 0.717) is 11.7 Å². The molecule has 0 fully saturated rings. The fourth-order valence-electron chi connectivity index (χ4n) is 0.705. The Bertz CT molecular complexity index is 270. The van der Waals surface area contributed by atoms with Gasteiger partial charge in [-0.2, -0.15) is 0 Å². The third-order valence-electron chi connectivity index (χ3n) is 1.22. The van der Waals surface area contributed by atoms with Gasteiger partial charge in [0.1, 0.15) is 0 Å². The summed E-state index contributed by atoms with van der Waals surface area (Å²) < 4.78 is 0. The SMILES string of the molecule is Cc1ncc(CNC(=S)NN)s1. The second kappa shape index (κ2) is 4.34. The Labute approximate surface area is 80.2 Å². The van der Waals surface area contributed by atoms with Crippen LogP contribution in [-0.4, -0.2) is 10.1 Å². The molecule has 0 aliphatic rings. The van der Waals surface area contributed by atoms with Crippen LogP contribution in [0.4, 0.5) is 0 Å². The quantitative estimate of drug-likeness (QED) is 0.365. The fourth-order valence-corrected chi connectivity index (χ4v) is 1.51. The minimum atomic E-state index is 0.445. The molecule has 0 aliphatic carbocycles. The van der Waals surface area contributed by atoms with Gasteiger partial charge in [0.25, 0.3) is 0 Å². The summed E-state index contributed by atoms with van der Waals surface area (Å²) in [5.41, 5.74) is 2.35. The zero-order valence-corrected chi connectivity index (χ0v) is 8.26. The summed E-state index contributed by atoms with van der Waals surface area (Å²) in [7, 11) is 0. The molecule has 6 heteroatoms. The Kier molecular flexibility index (Phi) is 3.39. The second-order valence-corrected chi connectivity index (χ2v) is 3.90. The minimum Gasteiger partial charge on any atom is -0.357 e. The van der Waals surface area contributed by atoms with Crippen LogP contribution in [-0.2, 0) is 6.54 Å². The maximum absolute atomic E-state index is 5.08. The molecule has 0 saturated carbocycles. The van der Waals surface area contributed by atoms with Gasteiger partial charge in [-0.05, 0) is 19.1 Å². The molecule has 0 spiro atoms. The van der Waals surface area contributed by atoms with E-state index in [4.69, 9.17) is 18.1 Å². The average Bonchev–Trinajstić information content (AvgIpc) is 2.47. The van der Waals surface area contributed by atoms with Gasteiger partial charge in [-0.25, -0.2) is 10.8 Å². The molecular formula is C6H10N4S2. The molecule has 1 rings (SSSR count). The highest BCUT2D eigenvalue weighted by Gasteiger charge is 1.97. The van der Waals surface area contributed by atoms with Crippen molar-refractivity contribution in [2.75, 3.05) is 0 Å². The van der Waals surface area contributed by atoms with E-state index < -0.39 is 0 Å². The van der Waals surface area contributed by atoms with Crippen LogP contribution in [0.15, 0.2) is 6.20 Å². The molecular weight excluding hydrogens is 192 g/mol. The maximum atomic E-state index is 5.08. The summed E-state index contributed by atoms with van der Waals surface area (Å²) in [6, 6.07) is 0. The van der Waals surface area contributed by atoms with E-state index in [-0.39, 0.29) is 0 Å². The summed E-state index contributed by atoms with van der Waals surface area (Å²) in [5, 5.41) is 4.43. The number of aromatic nitrogens is 1. The highest BCUT2D eigenvalue weighted by Crippen LogP contribution is 2.10. The molecule has 4 nitrogen and oxygen atoms in total. The van der Waals surface area contributed by atoms with Crippen LogP contribution in [0.25, 0.3) is 0 Å². The first kappa shape index (κ1) is 9.37. The van der Waals surface area contributed by atoms with Gasteiger partial charge in [0.2, 0.25) is 0 Å². The zero-order chi connectivity index (χ0) is 8.97. The highest BCUT2D eigenvalue weighted by atomic mass is 32.1. The predicted molar refractivity (Wildman–Crippen MR) is 53.6 cm³/mol. The summed E-state index contributed by atoms with van der Waals surface area (Å²) in [5.74, 6) is 5.08. The van der Waals surface area contributed by atoms with Crippen molar-refractivity contribution in [2.24, 2.45) is 5.84 Å². The van der Waals surface area contributed by atoms with Crippen molar-refractivity contribution < 1.29 is 0 Å². The third kappa shape index (κ3) is 2.72. The lowest BCUT2D eigenvalue weighted by Gasteiger charge is -2.03. The molecule has 0 amide bonds. The number of hydrogen-bond acceptors (Lipinski definition) is 4. The fraction of sp³-hybridized carbons (Fsp3) is 0.333. The average molecular weight is 202 g/mol. The van der Waals surface area contributed by atoms with Crippen LogP contribution in [0.3, 0.4) is 0 Å². The Morgan fingerprint density at radius 3 is 3.08 bits per heavy atom. The van der Waals surface area contributed by atoms with Crippen molar-refractivity contribution in [1.29, 1.82) is 0 Å². The van der Waals surface area contributed by atoms with E-state index in [2.05, 4.69) is 15.7 Å². The molecule has 0 radical (unpaired) electrons. The molecule has 1 aromatic rings. The summed E-state index contributed by atoms with van der Waals surface area (Å²) >= 11 is 6.44. The van der Waals surface area contributed by atoms with Crippen molar-refractivity contribution in [3.8, 4) is 0 Å². The number of aryl methyl sites for hydroxylation is 1. The number of hydrazine groups is 1. The second-order valence-electron chi connectivity index (χ2n) is 2.17. The summed E-state index contributed by atoms with van der Waals surface area (Å²) in [6.45, 7) is 2.64. The Morgan fingerprint density at radius 1 is 1.83 bits per heavy atom. The van der Waals surface area contributed by atoms with Crippen LogP contribution in [0.2, 0.25) is 0 Å². The highest BCUT2D eigenvalue weighted by molar-refractivity contribution is 7.80. The van der Waals surface area contributed by atoms with Crippen LogP contribution in [0.5, 0.6) is 0 Å².